The molecule has 0 aliphatic carbocycles. The second-order valence-electron chi connectivity index (χ2n) is 5.18. The highest BCUT2D eigenvalue weighted by atomic mass is 35.5. The minimum Gasteiger partial charge on any atom is -0.310 e. The van der Waals surface area contributed by atoms with Crippen molar-refractivity contribution >= 4 is 45.0 Å². The van der Waals surface area contributed by atoms with E-state index in [4.69, 9.17) is 11.6 Å². The summed E-state index contributed by atoms with van der Waals surface area (Å²) in [6.45, 7) is 0.538. The van der Waals surface area contributed by atoms with E-state index in [1.54, 1.807) is 17.3 Å². The van der Waals surface area contributed by atoms with Gasteiger partial charge < -0.3 is 4.90 Å². The fraction of sp³-hybridized carbons (Fsp3) is 0.188. The Morgan fingerprint density at radius 2 is 1.90 bits per heavy atom. The predicted octanol–water partition coefficient (Wildman–Crippen LogP) is 3.13. The molecule has 104 valence electrons. The smallest absolute Gasteiger partial charge is 0.228 e. The Morgan fingerprint density at radius 1 is 1.14 bits per heavy atom. The molecule has 1 aromatic carbocycles. The third kappa shape index (κ3) is 1.94. The van der Waals surface area contributed by atoms with Gasteiger partial charge in [-0.05, 0) is 24.3 Å². The first-order valence-electron chi connectivity index (χ1n) is 6.81. The molecule has 4 nitrogen and oxygen atoms in total. The molecule has 1 unspecified atom stereocenters. The van der Waals surface area contributed by atoms with Gasteiger partial charge in [-0.2, -0.15) is 0 Å². The van der Waals surface area contributed by atoms with Crippen LogP contribution in [0.15, 0.2) is 42.7 Å². The monoisotopic (exact) mass is 297 g/mol. The molecule has 4 rings (SSSR count). The minimum absolute atomic E-state index is 0.0587. The van der Waals surface area contributed by atoms with E-state index in [0.29, 0.717) is 13.0 Å². The molecule has 1 fully saturated rings. The van der Waals surface area contributed by atoms with E-state index < -0.39 is 0 Å². The summed E-state index contributed by atoms with van der Waals surface area (Å²) in [5, 5.41) is 1.78. The van der Waals surface area contributed by atoms with Crippen molar-refractivity contribution in [3.05, 3.63) is 42.7 Å². The van der Waals surface area contributed by atoms with Crippen molar-refractivity contribution in [1.82, 2.24) is 9.97 Å². The fourth-order valence-electron chi connectivity index (χ4n) is 2.88. The van der Waals surface area contributed by atoms with Crippen LogP contribution >= 0.6 is 11.6 Å². The fourth-order valence-corrected chi connectivity index (χ4v) is 3.15. The number of anilines is 1. The lowest BCUT2D eigenvalue weighted by atomic mass is 10.1. The van der Waals surface area contributed by atoms with Crippen molar-refractivity contribution in [3.8, 4) is 0 Å². The van der Waals surface area contributed by atoms with Crippen LogP contribution in [-0.2, 0) is 4.79 Å². The lowest BCUT2D eigenvalue weighted by Crippen LogP contribution is -2.24. The Morgan fingerprint density at radius 3 is 2.67 bits per heavy atom. The number of nitrogens with zero attached hydrogens (tertiary/aromatic N) is 3. The number of hydrogen-bond acceptors (Lipinski definition) is 3. The van der Waals surface area contributed by atoms with Crippen LogP contribution in [0.5, 0.6) is 0 Å². The topological polar surface area (TPSA) is 46.1 Å². The molecular weight excluding hydrogens is 286 g/mol. The van der Waals surface area contributed by atoms with E-state index in [0.717, 1.165) is 27.5 Å². The van der Waals surface area contributed by atoms with Crippen LogP contribution < -0.4 is 4.90 Å². The van der Waals surface area contributed by atoms with Crippen LogP contribution in [0.3, 0.4) is 0 Å². The first-order chi connectivity index (χ1) is 10.2. The summed E-state index contributed by atoms with van der Waals surface area (Å²) in [4.78, 5) is 22.8. The zero-order chi connectivity index (χ0) is 14.4. The van der Waals surface area contributed by atoms with E-state index in [2.05, 4.69) is 9.97 Å². The van der Waals surface area contributed by atoms with Gasteiger partial charge in [0.1, 0.15) is 0 Å². The Bertz CT molecular complexity index is 864. The molecule has 0 N–H and O–H groups in total. The van der Waals surface area contributed by atoms with Crippen molar-refractivity contribution in [1.29, 1.82) is 0 Å². The lowest BCUT2D eigenvalue weighted by molar-refractivity contribution is -0.117. The number of halogens is 1. The molecule has 3 heterocycles. The number of rotatable bonds is 1. The highest BCUT2D eigenvalue weighted by Gasteiger charge is 2.30. The normalized spacial score (nSPS) is 18.8. The van der Waals surface area contributed by atoms with Crippen LogP contribution in [0.25, 0.3) is 21.8 Å². The van der Waals surface area contributed by atoms with Gasteiger partial charge in [0.15, 0.2) is 0 Å². The van der Waals surface area contributed by atoms with Crippen molar-refractivity contribution in [2.24, 2.45) is 0 Å². The van der Waals surface area contributed by atoms with Gasteiger partial charge in [0.2, 0.25) is 5.91 Å². The van der Waals surface area contributed by atoms with E-state index in [1.165, 1.54) is 0 Å². The number of amides is 1. The van der Waals surface area contributed by atoms with Crippen molar-refractivity contribution in [2.75, 3.05) is 11.4 Å². The zero-order valence-electron chi connectivity index (χ0n) is 11.2. The van der Waals surface area contributed by atoms with Gasteiger partial charge in [-0.3, -0.25) is 14.8 Å². The van der Waals surface area contributed by atoms with Gasteiger partial charge in [-0.15, -0.1) is 11.6 Å². The standard InChI is InChI=1S/C16H12ClN3O/c17-11-8-14(21)20(9-11)13-7-10-3-1-5-18-15(10)16-12(13)4-2-6-19-16/h1-7,11H,8-9H2. The minimum atomic E-state index is -0.131. The predicted molar refractivity (Wildman–Crippen MR) is 83.7 cm³/mol. The van der Waals surface area contributed by atoms with E-state index in [-0.39, 0.29) is 11.3 Å². The molecule has 1 aliphatic heterocycles. The van der Waals surface area contributed by atoms with Crippen molar-refractivity contribution in [3.63, 3.8) is 0 Å². The number of carbonyl (C=O) groups is 1. The quantitative estimate of drug-likeness (QED) is 0.512. The molecule has 2 aromatic heterocycles. The van der Waals surface area contributed by atoms with E-state index >= 15 is 0 Å². The Hall–Kier alpha value is -2.20. The molecule has 1 saturated heterocycles. The Balaban J connectivity index is 2.05. The molecule has 1 atom stereocenters. The highest BCUT2D eigenvalue weighted by molar-refractivity contribution is 6.25. The number of alkyl halides is 1. The molecule has 0 saturated carbocycles. The van der Waals surface area contributed by atoms with Crippen molar-refractivity contribution in [2.45, 2.75) is 11.8 Å². The van der Waals surface area contributed by atoms with Gasteiger partial charge >= 0.3 is 0 Å². The summed E-state index contributed by atoms with van der Waals surface area (Å²) in [6.07, 6.45) is 3.89. The number of fused-ring (bicyclic) bond motifs is 3. The van der Waals surface area contributed by atoms with Crippen LogP contribution in [-0.4, -0.2) is 27.8 Å². The third-order valence-corrected chi connectivity index (χ3v) is 4.10. The van der Waals surface area contributed by atoms with Crippen LogP contribution in [0, 0.1) is 0 Å². The average Bonchev–Trinajstić information content (AvgIpc) is 2.85. The van der Waals surface area contributed by atoms with Gasteiger partial charge in [0.25, 0.3) is 0 Å². The van der Waals surface area contributed by atoms with Gasteiger partial charge in [-0.25, -0.2) is 0 Å². The number of carbonyl (C=O) groups excluding carboxylic acids is 1. The molecule has 0 bridgehead atoms. The van der Waals surface area contributed by atoms with Crippen molar-refractivity contribution < 1.29 is 4.79 Å². The number of hydrogen-bond donors (Lipinski definition) is 0. The molecule has 3 aromatic rings. The first-order valence-corrected chi connectivity index (χ1v) is 7.24. The molecule has 5 heteroatoms. The third-order valence-electron chi connectivity index (χ3n) is 3.81. The molecule has 0 spiro atoms. The Labute approximate surface area is 126 Å². The molecule has 1 aliphatic rings. The largest absolute Gasteiger partial charge is 0.310 e. The molecular formula is C16H12ClN3O. The molecule has 21 heavy (non-hydrogen) atoms. The van der Waals surface area contributed by atoms with Crippen LogP contribution in [0.1, 0.15) is 6.42 Å². The van der Waals surface area contributed by atoms with Gasteiger partial charge in [-0.1, -0.05) is 6.07 Å². The number of pyridine rings is 2. The molecule has 0 radical (unpaired) electrons. The maximum atomic E-state index is 12.2. The summed E-state index contributed by atoms with van der Waals surface area (Å²) >= 11 is 6.13. The Kier molecular flexibility index (Phi) is 2.79. The number of aromatic nitrogens is 2. The summed E-state index contributed by atoms with van der Waals surface area (Å²) in [7, 11) is 0. The highest BCUT2D eigenvalue weighted by Crippen LogP contribution is 2.34. The SMILES string of the molecule is O=C1CC(Cl)CN1c1cc2cccnc2c2ncccc12. The summed E-state index contributed by atoms with van der Waals surface area (Å²) < 4.78 is 0. The summed E-state index contributed by atoms with van der Waals surface area (Å²) in [5.41, 5.74) is 2.54. The summed E-state index contributed by atoms with van der Waals surface area (Å²) in [5.74, 6) is 0.0587. The maximum absolute atomic E-state index is 12.2. The van der Waals surface area contributed by atoms with Crippen LogP contribution in [0.4, 0.5) is 5.69 Å². The van der Waals surface area contributed by atoms with Crippen LogP contribution in [0.2, 0.25) is 0 Å². The maximum Gasteiger partial charge on any atom is 0.228 e. The van der Waals surface area contributed by atoms with Gasteiger partial charge in [0, 0.05) is 36.1 Å². The first kappa shape index (κ1) is 12.5. The zero-order valence-corrected chi connectivity index (χ0v) is 11.9. The second kappa shape index (κ2) is 4.67. The lowest BCUT2D eigenvalue weighted by Gasteiger charge is -2.19. The molecule has 1 amide bonds. The van der Waals surface area contributed by atoms with E-state index in [9.17, 15) is 4.79 Å². The summed E-state index contributed by atoms with van der Waals surface area (Å²) in [6, 6.07) is 9.72. The van der Waals surface area contributed by atoms with Gasteiger partial charge in [0.05, 0.1) is 22.1 Å². The average molecular weight is 298 g/mol. The number of benzene rings is 1. The second-order valence-corrected chi connectivity index (χ2v) is 5.79. The van der Waals surface area contributed by atoms with E-state index in [1.807, 2.05) is 30.3 Å².